The molecule has 0 saturated heterocycles. The molecule has 0 spiro atoms. The highest BCUT2D eigenvalue weighted by molar-refractivity contribution is 7.99. The molecule has 116 valence electrons. The molecular weight excluding hydrogens is 300 g/mol. The van der Waals surface area contributed by atoms with Gasteiger partial charge < -0.3 is 13.9 Å². The monoisotopic (exact) mass is 318 g/mol. The van der Waals surface area contributed by atoms with Crippen molar-refractivity contribution in [2.24, 2.45) is 0 Å². The van der Waals surface area contributed by atoms with Crippen molar-refractivity contribution < 1.29 is 13.9 Å². The Labute approximate surface area is 133 Å². The first-order chi connectivity index (χ1) is 10.9. The molecule has 22 heavy (non-hydrogen) atoms. The summed E-state index contributed by atoms with van der Waals surface area (Å²) in [5, 5.41) is 9.53. The predicted molar refractivity (Wildman–Crippen MR) is 82.3 cm³/mol. The zero-order valence-corrected chi connectivity index (χ0v) is 13.1. The van der Waals surface area contributed by atoms with E-state index in [0.717, 1.165) is 11.5 Å². The molecule has 6 heteroatoms. The van der Waals surface area contributed by atoms with Gasteiger partial charge in [-0.15, -0.1) is 10.2 Å². The van der Waals surface area contributed by atoms with Gasteiger partial charge in [-0.25, -0.2) is 0 Å². The van der Waals surface area contributed by atoms with Crippen molar-refractivity contribution in [1.29, 1.82) is 0 Å². The van der Waals surface area contributed by atoms with Crippen LogP contribution in [0.25, 0.3) is 0 Å². The average molecular weight is 318 g/mol. The SMILES string of the molecule is c1ccc2c(c1)OCC(c1nnc(SC3CCCCC3)o1)O2. The minimum atomic E-state index is -0.330. The van der Waals surface area contributed by atoms with Crippen LogP contribution in [-0.4, -0.2) is 22.1 Å². The van der Waals surface area contributed by atoms with Gasteiger partial charge in [0, 0.05) is 5.25 Å². The Morgan fingerprint density at radius 1 is 1.00 bits per heavy atom. The van der Waals surface area contributed by atoms with E-state index in [1.165, 1.54) is 32.1 Å². The number of rotatable bonds is 3. The highest BCUT2D eigenvalue weighted by Gasteiger charge is 2.28. The number of benzene rings is 1. The fraction of sp³-hybridized carbons (Fsp3) is 0.500. The molecule has 2 aromatic rings. The average Bonchev–Trinajstić information content (AvgIpc) is 3.04. The second-order valence-electron chi connectivity index (χ2n) is 5.65. The Morgan fingerprint density at radius 2 is 1.82 bits per heavy atom. The number of ether oxygens (including phenoxy) is 2. The van der Waals surface area contributed by atoms with Gasteiger partial charge in [0.15, 0.2) is 11.5 Å². The lowest BCUT2D eigenvalue weighted by atomic mass is 10.0. The van der Waals surface area contributed by atoms with E-state index in [1.54, 1.807) is 11.8 Å². The fourth-order valence-electron chi connectivity index (χ4n) is 2.86. The number of hydrogen-bond acceptors (Lipinski definition) is 6. The van der Waals surface area contributed by atoms with Crippen LogP contribution in [-0.2, 0) is 0 Å². The molecule has 1 aromatic carbocycles. The first-order valence-corrected chi connectivity index (χ1v) is 8.65. The van der Waals surface area contributed by atoms with Crippen LogP contribution in [0.5, 0.6) is 11.5 Å². The molecule has 0 N–H and O–H groups in total. The van der Waals surface area contributed by atoms with Gasteiger partial charge in [0.2, 0.25) is 6.10 Å². The Kier molecular flexibility index (Phi) is 3.93. The van der Waals surface area contributed by atoms with Crippen molar-refractivity contribution >= 4 is 11.8 Å². The summed E-state index contributed by atoms with van der Waals surface area (Å²) in [6, 6.07) is 7.62. The lowest BCUT2D eigenvalue weighted by Crippen LogP contribution is -2.21. The van der Waals surface area contributed by atoms with Gasteiger partial charge in [0.1, 0.15) is 6.61 Å². The molecule has 0 bridgehead atoms. The van der Waals surface area contributed by atoms with E-state index in [9.17, 15) is 0 Å². The van der Waals surface area contributed by atoms with E-state index >= 15 is 0 Å². The highest BCUT2D eigenvalue weighted by atomic mass is 32.2. The Hall–Kier alpha value is -1.69. The smallest absolute Gasteiger partial charge is 0.276 e. The molecule has 2 aliphatic rings. The summed E-state index contributed by atoms with van der Waals surface area (Å²) in [7, 11) is 0. The largest absolute Gasteiger partial charge is 0.485 e. The summed E-state index contributed by atoms with van der Waals surface area (Å²) in [5.74, 6) is 1.97. The van der Waals surface area contributed by atoms with E-state index in [2.05, 4.69) is 10.2 Å². The molecule has 1 fully saturated rings. The van der Waals surface area contributed by atoms with Crippen molar-refractivity contribution in [3.05, 3.63) is 30.2 Å². The van der Waals surface area contributed by atoms with Gasteiger partial charge >= 0.3 is 0 Å². The lowest BCUT2D eigenvalue weighted by molar-refractivity contribution is 0.0686. The van der Waals surface area contributed by atoms with E-state index in [4.69, 9.17) is 13.9 Å². The summed E-state index contributed by atoms with van der Waals surface area (Å²) in [4.78, 5) is 0. The Morgan fingerprint density at radius 3 is 2.68 bits per heavy atom. The number of hydrogen-bond donors (Lipinski definition) is 0. The molecule has 0 amide bonds. The van der Waals surface area contributed by atoms with E-state index < -0.39 is 0 Å². The third-order valence-electron chi connectivity index (χ3n) is 4.03. The topological polar surface area (TPSA) is 57.4 Å². The van der Waals surface area contributed by atoms with Crippen LogP contribution in [0.2, 0.25) is 0 Å². The Balaban J connectivity index is 1.43. The first-order valence-electron chi connectivity index (χ1n) is 7.77. The number of thioether (sulfide) groups is 1. The van der Waals surface area contributed by atoms with E-state index in [-0.39, 0.29) is 6.10 Å². The molecule has 1 aliphatic heterocycles. The summed E-state index contributed by atoms with van der Waals surface area (Å²) in [6.45, 7) is 0.396. The number of para-hydroxylation sites is 2. The fourth-order valence-corrected chi connectivity index (χ4v) is 3.94. The van der Waals surface area contributed by atoms with Crippen molar-refractivity contribution in [2.75, 3.05) is 6.61 Å². The summed E-state index contributed by atoms with van der Waals surface area (Å²) in [5.41, 5.74) is 0. The van der Waals surface area contributed by atoms with Crippen LogP contribution in [0.1, 0.15) is 44.1 Å². The zero-order valence-electron chi connectivity index (χ0n) is 12.2. The normalized spacial score (nSPS) is 21.7. The molecule has 4 rings (SSSR count). The molecule has 1 aromatic heterocycles. The molecule has 0 radical (unpaired) electrons. The summed E-state index contributed by atoms with van der Waals surface area (Å²) < 4.78 is 17.4. The summed E-state index contributed by atoms with van der Waals surface area (Å²) >= 11 is 1.70. The minimum Gasteiger partial charge on any atom is -0.485 e. The Bertz CT molecular complexity index is 640. The molecule has 2 heterocycles. The number of aromatic nitrogens is 2. The third-order valence-corrected chi connectivity index (χ3v) is 5.20. The van der Waals surface area contributed by atoms with Gasteiger partial charge in [-0.3, -0.25) is 0 Å². The van der Waals surface area contributed by atoms with Crippen molar-refractivity contribution in [3.63, 3.8) is 0 Å². The van der Waals surface area contributed by atoms with E-state index in [0.29, 0.717) is 23.0 Å². The number of fused-ring (bicyclic) bond motifs is 1. The maximum Gasteiger partial charge on any atom is 0.276 e. The van der Waals surface area contributed by atoms with Crippen LogP contribution in [0.3, 0.4) is 0 Å². The van der Waals surface area contributed by atoms with Crippen molar-refractivity contribution in [2.45, 2.75) is 48.7 Å². The lowest BCUT2D eigenvalue weighted by Gasteiger charge is -2.23. The van der Waals surface area contributed by atoms with Gasteiger partial charge in [-0.2, -0.15) is 0 Å². The molecule has 1 aliphatic carbocycles. The first kappa shape index (κ1) is 13.9. The molecule has 1 atom stereocenters. The van der Waals surface area contributed by atoms with Gasteiger partial charge in [0.05, 0.1) is 0 Å². The summed E-state index contributed by atoms with van der Waals surface area (Å²) in [6.07, 6.45) is 6.09. The number of nitrogens with zero attached hydrogens (tertiary/aromatic N) is 2. The van der Waals surface area contributed by atoms with Crippen molar-refractivity contribution in [3.8, 4) is 11.5 Å². The minimum absolute atomic E-state index is 0.330. The van der Waals surface area contributed by atoms with Crippen LogP contribution >= 0.6 is 11.8 Å². The second kappa shape index (κ2) is 6.20. The highest BCUT2D eigenvalue weighted by Crippen LogP contribution is 2.37. The predicted octanol–water partition coefficient (Wildman–Crippen LogP) is 4.01. The van der Waals surface area contributed by atoms with E-state index in [1.807, 2.05) is 24.3 Å². The zero-order chi connectivity index (χ0) is 14.8. The maximum absolute atomic E-state index is 5.89. The standard InChI is InChI=1S/C16H18N2O3S/c1-2-6-11(7-3-1)22-16-18-17-15(21-16)14-10-19-12-8-4-5-9-13(12)20-14/h4-5,8-9,11,14H,1-3,6-7,10H2. The van der Waals surface area contributed by atoms with Crippen LogP contribution in [0.15, 0.2) is 33.9 Å². The van der Waals surface area contributed by atoms with Crippen molar-refractivity contribution in [1.82, 2.24) is 10.2 Å². The second-order valence-corrected chi connectivity index (χ2v) is 6.90. The van der Waals surface area contributed by atoms with Crippen LogP contribution in [0, 0.1) is 0 Å². The van der Waals surface area contributed by atoms with Gasteiger partial charge in [0.25, 0.3) is 11.1 Å². The molecule has 1 unspecified atom stereocenters. The molecule has 5 nitrogen and oxygen atoms in total. The van der Waals surface area contributed by atoms with Gasteiger partial charge in [-0.1, -0.05) is 43.2 Å². The third kappa shape index (κ3) is 2.92. The molecule has 1 saturated carbocycles. The van der Waals surface area contributed by atoms with Crippen LogP contribution in [0.4, 0.5) is 0 Å². The maximum atomic E-state index is 5.89. The van der Waals surface area contributed by atoms with Gasteiger partial charge in [-0.05, 0) is 25.0 Å². The van der Waals surface area contributed by atoms with Crippen LogP contribution < -0.4 is 9.47 Å². The quantitative estimate of drug-likeness (QED) is 0.852. The molecular formula is C16H18N2O3S.